The topological polar surface area (TPSA) is 82.2 Å². The van der Waals surface area contributed by atoms with Crippen LogP contribution < -0.4 is 5.32 Å². The van der Waals surface area contributed by atoms with E-state index in [1.54, 1.807) is 23.9 Å². The number of hydrogen-bond acceptors (Lipinski definition) is 6. The molecule has 0 fully saturated rings. The maximum absolute atomic E-state index is 11.8. The van der Waals surface area contributed by atoms with Crippen LogP contribution in [0.4, 0.5) is 5.82 Å². The molecule has 0 bridgehead atoms. The Kier molecular flexibility index (Phi) is 3.54. The van der Waals surface area contributed by atoms with Gasteiger partial charge in [-0.05, 0) is 24.6 Å². The Morgan fingerprint density at radius 2 is 2.23 bits per heavy atom. The second-order valence-corrected chi connectivity index (χ2v) is 4.98. The summed E-state index contributed by atoms with van der Waals surface area (Å²) in [7, 11) is 3.12. The Morgan fingerprint density at radius 3 is 2.91 bits per heavy atom. The van der Waals surface area contributed by atoms with Crippen LogP contribution in [0.2, 0.25) is 0 Å². The van der Waals surface area contributed by atoms with Crippen LogP contribution in [-0.4, -0.2) is 27.6 Å². The lowest BCUT2D eigenvalue weighted by atomic mass is 10.3. The first-order valence-electron chi connectivity index (χ1n) is 6.76. The molecular formula is C15H16N4O3. The number of hydrogen-bond donors (Lipinski definition) is 1. The predicted molar refractivity (Wildman–Crippen MR) is 80.6 cm³/mol. The molecule has 3 rings (SSSR count). The van der Waals surface area contributed by atoms with E-state index in [-0.39, 0.29) is 0 Å². The number of nitrogens with one attached hydrogen (secondary N) is 1. The van der Waals surface area contributed by atoms with Crippen molar-refractivity contribution < 1.29 is 13.9 Å². The molecule has 22 heavy (non-hydrogen) atoms. The first-order valence-corrected chi connectivity index (χ1v) is 6.76. The molecular weight excluding hydrogens is 284 g/mol. The maximum Gasteiger partial charge on any atom is 0.354 e. The first kappa shape index (κ1) is 14.1. The van der Waals surface area contributed by atoms with Gasteiger partial charge in [0.2, 0.25) is 0 Å². The summed E-state index contributed by atoms with van der Waals surface area (Å²) in [6.07, 6.45) is 3.16. The van der Waals surface area contributed by atoms with Gasteiger partial charge in [0.05, 0.1) is 25.3 Å². The lowest BCUT2D eigenvalue weighted by Crippen LogP contribution is -2.07. The molecule has 0 saturated heterocycles. The molecule has 1 N–H and O–H groups in total. The number of carbonyl (C=O) groups is 1. The summed E-state index contributed by atoms with van der Waals surface area (Å²) in [5.41, 5.74) is 2.15. The zero-order chi connectivity index (χ0) is 15.7. The molecule has 0 aliphatic carbocycles. The summed E-state index contributed by atoms with van der Waals surface area (Å²) in [6, 6.07) is 3.67. The normalized spacial score (nSPS) is 10.9. The van der Waals surface area contributed by atoms with Crippen molar-refractivity contribution in [2.45, 2.75) is 13.5 Å². The van der Waals surface area contributed by atoms with Crippen molar-refractivity contribution in [3.8, 4) is 0 Å². The maximum atomic E-state index is 11.8. The predicted octanol–water partition coefficient (Wildman–Crippen LogP) is 2.27. The first-order chi connectivity index (χ1) is 10.6. The lowest BCUT2D eigenvalue weighted by molar-refractivity contribution is 0.0590. The van der Waals surface area contributed by atoms with E-state index in [9.17, 15) is 4.79 Å². The van der Waals surface area contributed by atoms with Gasteiger partial charge >= 0.3 is 5.97 Å². The van der Waals surface area contributed by atoms with Gasteiger partial charge in [0.15, 0.2) is 0 Å². The molecule has 0 aliphatic rings. The van der Waals surface area contributed by atoms with Gasteiger partial charge in [-0.1, -0.05) is 0 Å². The van der Waals surface area contributed by atoms with Crippen LogP contribution in [0.3, 0.4) is 0 Å². The van der Waals surface area contributed by atoms with Crippen molar-refractivity contribution in [2.75, 3.05) is 12.4 Å². The minimum Gasteiger partial charge on any atom is -0.467 e. The highest BCUT2D eigenvalue weighted by Gasteiger charge is 2.17. The minimum absolute atomic E-state index is 0.409. The van der Waals surface area contributed by atoms with Crippen LogP contribution in [0.1, 0.15) is 21.8 Å². The SMILES string of the molecule is COC(=O)c1cc2c(NCc3cc(C)co3)ncnc2n1C. The number of nitrogens with zero attached hydrogens (tertiary/aromatic N) is 3. The highest BCUT2D eigenvalue weighted by atomic mass is 16.5. The molecule has 0 spiro atoms. The van der Waals surface area contributed by atoms with Crippen molar-refractivity contribution in [3.63, 3.8) is 0 Å². The van der Waals surface area contributed by atoms with Crippen LogP contribution in [-0.2, 0) is 18.3 Å². The number of aromatic nitrogens is 3. The molecule has 3 aromatic heterocycles. The molecule has 7 heteroatoms. The van der Waals surface area contributed by atoms with Crippen LogP contribution in [0.15, 0.2) is 29.1 Å². The lowest BCUT2D eigenvalue weighted by Gasteiger charge is -2.04. The van der Waals surface area contributed by atoms with Crippen molar-refractivity contribution in [1.29, 1.82) is 0 Å². The van der Waals surface area contributed by atoms with Crippen LogP contribution in [0.25, 0.3) is 11.0 Å². The third kappa shape index (κ3) is 2.41. The smallest absolute Gasteiger partial charge is 0.354 e. The van der Waals surface area contributed by atoms with E-state index in [1.807, 2.05) is 13.0 Å². The summed E-state index contributed by atoms with van der Waals surface area (Å²) < 4.78 is 11.9. The average Bonchev–Trinajstić information content (AvgIpc) is 3.09. The van der Waals surface area contributed by atoms with E-state index < -0.39 is 5.97 Å². The number of carbonyl (C=O) groups excluding carboxylic acids is 1. The largest absolute Gasteiger partial charge is 0.467 e. The number of methoxy groups -OCH3 is 1. The Bertz CT molecular complexity index is 835. The second-order valence-electron chi connectivity index (χ2n) is 4.98. The van der Waals surface area contributed by atoms with Gasteiger partial charge in [0, 0.05) is 7.05 Å². The van der Waals surface area contributed by atoms with E-state index in [0.717, 1.165) is 16.7 Å². The molecule has 0 amide bonds. The van der Waals surface area contributed by atoms with Gasteiger partial charge in [-0.3, -0.25) is 0 Å². The van der Waals surface area contributed by atoms with Crippen LogP contribution in [0, 0.1) is 6.92 Å². The van der Waals surface area contributed by atoms with Crippen molar-refractivity contribution in [3.05, 3.63) is 41.7 Å². The Morgan fingerprint density at radius 1 is 1.41 bits per heavy atom. The van der Waals surface area contributed by atoms with E-state index in [4.69, 9.17) is 9.15 Å². The summed E-state index contributed by atoms with van der Waals surface area (Å²) in [5, 5.41) is 3.96. The molecule has 0 atom stereocenters. The highest BCUT2D eigenvalue weighted by molar-refractivity contribution is 5.97. The van der Waals surface area contributed by atoms with Gasteiger partial charge < -0.3 is 19.0 Å². The molecule has 3 heterocycles. The number of furan rings is 1. The number of rotatable bonds is 4. The second kappa shape index (κ2) is 5.51. The van der Waals surface area contributed by atoms with Gasteiger partial charge in [-0.25, -0.2) is 14.8 Å². The molecule has 0 radical (unpaired) electrons. The third-order valence-corrected chi connectivity index (χ3v) is 3.43. The van der Waals surface area contributed by atoms with Crippen molar-refractivity contribution in [2.24, 2.45) is 7.05 Å². The molecule has 114 valence electrons. The third-order valence-electron chi connectivity index (χ3n) is 3.43. The van der Waals surface area contributed by atoms with Gasteiger partial charge in [0.1, 0.15) is 29.2 Å². The van der Waals surface area contributed by atoms with Crippen molar-refractivity contribution >= 4 is 22.8 Å². The molecule has 7 nitrogen and oxygen atoms in total. The number of aryl methyl sites for hydroxylation is 2. The summed E-state index contributed by atoms with van der Waals surface area (Å²) in [5.74, 6) is 1.05. The molecule has 0 aromatic carbocycles. The molecule has 3 aromatic rings. The van der Waals surface area contributed by atoms with Crippen molar-refractivity contribution in [1.82, 2.24) is 14.5 Å². The van der Waals surface area contributed by atoms with Gasteiger partial charge in [-0.15, -0.1) is 0 Å². The fourth-order valence-electron chi connectivity index (χ4n) is 2.33. The fourth-order valence-corrected chi connectivity index (χ4v) is 2.33. The Hall–Kier alpha value is -2.83. The number of anilines is 1. The van der Waals surface area contributed by atoms with Crippen LogP contribution in [0.5, 0.6) is 0 Å². The van der Waals surface area contributed by atoms with E-state index in [1.165, 1.54) is 13.4 Å². The highest BCUT2D eigenvalue weighted by Crippen LogP contribution is 2.23. The fraction of sp³-hybridized carbons (Fsp3) is 0.267. The molecule has 0 unspecified atom stereocenters. The summed E-state index contributed by atoms with van der Waals surface area (Å²) in [4.78, 5) is 20.2. The van der Waals surface area contributed by atoms with Crippen LogP contribution >= 0.6 is 0 Å². The van der Waals surface area contributed by atoms with E-state index >= 15 is 0 Å². The quantitative estimate of drug-likeness (QED) is 0.744. The van der Waals surface area contributed by atoms with Gasteiger partial charge in [0.25, 0.3) is 0 Å². The molecule has 0 saturated carbocycles. The molecule has 0 aliphatic heterocycles. The van der Waals surface area contributed by atoms with E-state index in [2.05, 4.69) is 15.3 Å². The minimum atomic E-state index is -0.409. The Balaban J connectivity index is 1.94. The Labute approximate surface area is 126 Å². The monoisotopic (exact) mass is 300 g/mol. The zero-order valence-electron chi connectivity index (χ0n) is 12.6. The number of fused-ring (bicyclic) bond motifs is 1. The number of esters is 1. The standard InChI is InChI=1S/C15H16N4O3/c1-9-4-10(22-7-9)6-16-13-11-5-12(15(20)21-3)19(2)14(11)18-8-17-13/h4-5,7-8H,6H2,1-3H3,(H,16,17,18). The number of ether oxygens (including phenoxy) is 1. The zero-order valence-corrected chi connectivity index (χ0v) is 12.6. The average molecular weight is 300 g/mol. The van der Waals surface area contributed by atoms with Gasteiger partial charge in [-0.2, -0.15) is 0 Å². The summed E-state index contributed by atoms with van der Waals surface area (Å²) >= 11 is 0. The van der Waals surface area contributed by atoms with E-state index in [0.29, 0.717) is 23.7 Å². The summed E-state index contributed by atoms with van der Waals surface area (Å²) in [6.45, 7) is 2.47.